The van der Waals surface area contributed by atoms with E-state index in [9.17, 15) is 0 Å². The number of benzene rings is 2. The molecule has 37 heavy (non-hydrogen) atoms. The number of ether oxygens (including phenoxy) is 1. The summed E-state index contributed by atoms with van der Waals surface area (Å²) in [6, 6.07) is 15.3. The van der Waals surface area contributed by atoms with E-state index in [1.165, 1.54) is 40.4 Å². The Morgan fingerprint density at radius 2 is 1.86 bits per heavy atom. The van der Waals surface area contributed by atoms with Crippen molar-refractivity contribution in [1.82, 2.24) is 19.7 Å². The first-order valence-corrected chi connectivity index (χ1v) is 14.2. The van der Waals surface area contributed by atoms with Gasteiger partial charge in [0.05, 0.1) is 18.5 Å². The largest absolute Gasteiger partial charge is 0.494 e. The molecule has 0 aliphatic carbocycles. The topological polar surface area (TPSA) is 46.1 Å². The highest BCUT2D eigenvalue weighted by Gasteiger charge is 2.23. The summed E-state index contributed by atoms with van der Waals surface area (Å²) < 4.78 is 7.99. The molecule has 5 nitrogen and oxygen atoms in total. The van der Waals surface area contributed by atoms with Crippen molar-refractivity contribution in [2.45, 2.75) is 65.2 Å². The van der Waals surface area contributed by atoms with Crippen LogP contribution in [0.25, 0.3) is 16.6 Å². The molecule has 5 heteroatoms. The quantitative estimate of drug-likeness (QED) is 0.223. The number of rotatable bonds is 11. The monoisotopic (exact) mass is 498 g/mol. The third-order valence-corrected chi connectivity index (χ3v) is 7.68. The molecule has 3 heterocycles. The summed E-state index contributed by atoms with van der Waals surface area (Å²) in [5, 5.41) is 5.96. The molecular formula is C32H42N4O. The molecule has 5 rings (SSSR count). The van der Waals surface area contributed by atoms with Gasteiger partial charge in [-0.3, -0.25) is 0 Å². The van der Waals surface area contributed by atoms with Crippen LogP contribution >= 0.6 is 0 Å². The highest BCUT2D eigenvalue weighted by atomic mass is 16.5. The molecule has 0 saturated carbocycles. The van der Waals surface area contributed by atoms with Gasteiger partial charge in [-0.05, 0) is 104 Å². The fraction of sp³-hybridized carbons (Fsp3) is 0.469. The molecular weight excluding hydrogens is 456 g/mol. The molecule has 4 aromatic rings. The maximum Gasteiger partial charge on any atom is 0.120 e. The molecule has 0 bridgehead atoms. The Kier molecular flexibility index (Phi) is 8.30. The van der Waals surface area contributed by atoms with E-state index >= 15 is 0 Å². The average Bonchev–Trinajstić information content (AvgIpc) is 3.55. The van der Waals surface area contributed by atoms with Gasteiger partial charge >= 0.3 is 0 Å². The van der Waals surface area contributed by atoms with Crippen molar-refractivity contribution in [3.05, 3.63) is 77.7 Å². The first-order valence-electron chi connectivity index (χ1n) is 14.2. The Morgan fingerprint density at radius 3 is 2.62 bits per heavy atom. The van der Waals surface area contributed by atoms with Crippen LogP contribution in [0.5, 0.6) is 5.75 Å². The van der Waals surface area contributed by atoms with Gasteiger partial charge in [0.1, 0.15) is 5.75 Å². The number of aromatic amines is 1. The van der Waals surface area contributed by atoms with Crippen molar-refractivity contribution in [3.63, 3.8) is 0 Å². The third kappa shape index (κ3) is 6.45. The van der Waals surface area contributed by atoms with Gasteiger partial charge in [-0.2, -0.15) is 5.10 Å². The molecule has 0 amide bonds. The predicted molar refractivity (Wildman–Crippen MR) is 153 cm³/mol. The smallest absolute Gasteiger partial charge is 0.120 e. The van der Waals surface area contributed by atoms with E-state index in [-0.39, 0.29) is 0 Å². The molecule has 196 valence electrons. The summed E-state index contributed by atoms with van der Waals surface area (Å²) in [5.74, 6) is 2.28. The first-order chi connectivity index (χ1) is 18.1. The molecule has 2 aromatic heterocycles. The fourth-order valence-electron chi connectivity index (χ4n) is 5.52. The lowest BCUT2D eigenvalue weighted by Crippen LogP contribution is -2.34. The highest BCUT2D eigenvalue weighted by Crippen LogP contribution is 2.34. The van der Waals surface area contributed by atoms with Crippen LogP contribution in [-0.4, -0.2) is 45.9 Å². The lowest BCUT2D eigenvalue weighted by molar-refractivity contribution is 0.215. The zero-order valence-electron chi connectivity index (χ0n) is 22.7. The van der Waals surface area contributed by atoms with E-state index in [1.54, 1.807) is 0 Å². The van der Waals surface area contributed by atoms with Gasteiger partial charge in [0.25, 0.3) is 0 Å². The predicted octanol–water partition coefficient (Wildman–Crippen LogP) is 7.15. The Hall–Kier alpha value is -3.05. The molecule has 1 saturated heterocycles. The molecule has 2 aromatic carbocycles. The van der Waals surface area contributed by atoms with Crippen LogP contribution in [0.15, 0.2) is 61.1 Å². The molecule has 1 aliphatic heterocycles. The summed E-state index contributed by atoms with van der Waals surface area (Å²) in [7, 11) is 0. The van der Waals surface area contributed by atoms with Gasteiger partial charge in [0.2, 0.25) is 0 Å². The maximum atomic E-state index is 5.98. The number of likely N-dealkylation sites (tertiary alicyclic amines) is 1. The van der Waals surface area contributed by atoms with Gasteiger partial charge in [0, 0.05) is 29.8 Å². The summed E-state index contributed by atoms with van der Waals surface area (Å²) >= 11 is 0. The number of unbranched alkanes of at least 4 members (excludes halogenated alkanes) is 1. The highest BCUT2D eigenvalue weighted by molar-refractivity contribution is 5.85. The second kappa shape index (κ2) is 12.0. The van der Waals surface area contributed by atoms with Gasteiger partial charge in [0.15, 0.2) is 0 Å². The second-order valence-electron chi connectivity index (χ2n) is 11.1. The van der Waals surface area contributed by atoms with Crippen molar-refractivity contribution >= 4 is 10.9 Å². The molecule has 0 spiro atoms. The van der Waals surface area contributed by atoms with Crippen molar-refractivity contribution < 1.29 is 4.74 Å². The molecule has 1 aliphatic rings. The van der Waals surface area contributed by atoms with Crippen LogP contribution in [0.3, 0.4) is 0 Å². The van der Waals surface area contributed by atoms with Crippen molar-refractivity contribution in [3.8, 4) is 11.4 Å². The summed E-state index contributed by atoms with van der Waals surface area (Å²) in [4.78, 5) is 6.10. The number of fused-ring (bicyclic) bond motifs is 1. The van der Waals surface area contributed by atoms with E-state index in [4.69, 9.17) is 4.74 Å². The van der Waals surface area contributed by atoms with Gasteiger partial charge in [-0.1, -0.05) is 39.3 Å². The standard InChI is InChI=1S/C32H42N4O/c1-4-5-18-37-29-10-11-32-30(20-29)31(22-33-32)27-13-16-35(17-14-27)15-12-26-21-34-36(23-26)28-8-6-25(7-9-28)19-24(2)3/h6-11,20-24,27,33H,4-5,12-19H2,1-3H3. The Bertz CT molecular complexity index is 1260. The molecule has 1 N–H and O–H groups in total. The lowest BCUT2D eigenvalue weighted by Gasteiger charge is -2.31. The normalized spacial score (nSPS) is 15.1. The van der Waals surface area contributed by atoms with E-state index in [1.807, 2.05) is 10.9 Å². The minimum atomic E-state index is 0.609. The molecule has 0 radical (unpaired) electrons. The zero-order valence-corrected chi connectivity index (χ0v) is 22.7. The maximum absolute atomic E-state index is 5.98. The fourth-order valence-corrected chi connectivity index (χ4v) is 5.52. The van der Waals surface area contributed by atoms with E-state index in [0.717, 1.165) is 63.4 Å². The number of nitrogens with zero attached hydrogens (tertiary/aromatic N) is 3. The summed E-state index contributed by atoms with van der Waals surface area (Å²) in [5.41, 5.74) is 6.50. The van der Waals surface area contributed by atoms with Gasteiger partial charge in [-0.25, -0.2) is 4.68 Å². The SMILES string of the molecule is CCCCOc1ccc2[nH]cc(C3CCN(CCc4cnn(-c5ccc(CC(C)C)cc5)c4)CC3)c2c1. The van der Waals surface area contributed by atoms with E-state index < -0.39 is 0 Å². The number of H-pyrrole nitrogens is 1. The van der Waals surface area contributed by atoms with Gasteiger partial charge in [-0.15, -0.1) is 0 Å². The summed E-state index contributed by atoms with van der Waals surface area (Å²) in [6.45, 7) is 10.9. The third-order valence-electron chi connectivity index (χ3n) is 7.68. The Morgan fingerprint density at radius 1 is 1.05 bits per heavy atom. The number of aromatic nitrogens is 3. The number of nitrogens with one attached hydrogen (secondary N) is 1. The van der Waals surface area contributed by atoms with Crippen molar-refractivity contribution in [1.29, 1.82) is 0 Å². The van der Waals surface area contributed by atoms with Crippen LogP contribution in [0.1, 0.15) is 69.1 Å². The van der Waals surface area contributed by atoms with Crippen LogP contribution in [0.4, 0.5) is 0 Å². The average molecular weight is 499 g/mol. The Balaban J connectivity index is 1.13. The minimum Gasteiger partial charge on any atom is -0.494 e. The summed E-state index contributed by atoms with van der Waals surface area (Å²) in [6.07, 6.45) is 13.3. The zero-order chi connectivity index (χ0) is 25.6. The van der Waals surface area contributed by atoms with Crippen LogP contribution < -0.4 is 4.74 Å². The van der Waals surface area contributed by atoms with Crippen LogP contribution in [-0.2, 0) is 12.8 Å². The van der Waals surface area contributed by atoms with Crippen LogP contribution in [0.2, 0.25) is 0 Å². The Labute approximate surface area is 221 Å². The van der Waals surface area contributed by atoms with E-state index in [2.05, 4.69) is 90.6 Å². The second-order valence-corrected chi connectivity index (χ2v) is 11.1. The van der Waals surface area contributed by atoms with E-state index in [0.29, 0.717) is 11.8 Å². The lowest BCUT2D eigenvalue weighted by atomic mass is 9.89. The van der Waals surface area contributed by atoms with Crippen LogP contribution in [0, 0.1) is 5.92 Å². The van der Waals surface area contributed by atoms with Crippen molar-refractivity contribution in [2.24, 2.45) is 5.92 Å². The minimum absolute atomic E-state index is 0.609. The molecule has 0 atom stereocenters. The first kappa shape index (κ1) is 25.6. The number of hydrogen-bond acceptors (Lipinski definition) is 3. The van der Waals surface area contributed by atoms with Crippen molar-refractivity contribution in [2.75, 3.05) is 26.2 Å². The molecule has 1 fully saturated rings. The number of piperidine rings is 1. The number of hydrogen-bond donors (Lipinski definition) is 1. The molecule has 0 unspecified atom stereocenters. The van der Waals surface area contributed by atoms with Gasteiger partial charge < -0.3 is 14.6 Å².